The van der Waals surface area contributed by atoms with Gasteiger partial charge >= 0.3 is 6.18 Å². The molecule has 0 spiro atoms. The number of halogens is 3. The highest BCUT2D eigenvalue weighted by atomic mass is 32.1. The maximum atomic E-state index is 12.5. The van der Waals surface area contributed by atoms with Crippen molar-refractivity contribution >= 4 is 17.3 Å². The molecule has 1 unspecified atom stereocenters. The second-order valence-electron chi connectivity index (χ2n) is 6.35. The number of alkyl halides is 3. The van der Waals surface area contributed by atoms with Crippen LogP contribution in [0.2, 0.25) is 0 Å². The van der Waals surface area contributed by atoms with Crippen LogP contribution in [-0.2, 0) is 12.6 Å². The summed E-state index contributed by atoms with van der Waals surface area (Å²) in [5, 5.41) is 7.89. The lowest BCUT2D eigenvalue weighted by molar-refractivity contribution is -0.140. The Hall–Kier alpha value is -1.35. The number of rotatable bonds is 6. The van der Waals surface area contributed by atoms with Gasteiger partial charge in [-0.1, -0.05) is 6.92 Å². The highest BCUT2D eigenvalue weighted by Gasteiger charge is 2.33. The van der Waals surface area contributed by atoms with E-state index < -0.39 is 11.9 Å². The highest BCUT2D eigenvalue weighted by Crippen LogP contribution is 2.29. The molecular formula is C16H26F3N5S. The summed E-state index contributed by atoms with van der Waals surface area (Å²) in [6.45, 7) is 6.81. The Morgan fingerprint density at radius 2 is 2.16 bits per heavy atom. The second kappa shape index (κ2) is 9.38. The van der Waals surface area contributed by atoms with Crippen LogP contribution in [0.25, 0.3) is 0 Å². The van der Waals surface area contributed by atoms with E-state index in [2.05, 4.69) is 32.4 Å². The molecule has 5 nitrogen and oxygen atoms in total. The van der Waals surface area contributed by atoms with Gasteiger partial charge in [0.15, 0.2) is 11.7 Å². The fourth-order valence-electron chi connectivity index (χ4n) is 2.89. The van der Waals surface area contributed by atoms with Crippen molar-refractivity contribution in [1.29, 1.82) is 0 Å². The molecule has 1 aliphatic rings. The van der Waals surface area contributed by atoms with Crippen molar-refractivity contribution in [2.75, 3.05) is 39.8 Å². The van der Waals surface area contributed by atoms with E-state index in [1.165, 1.54) is 12.8 Å². The standard InChI is InChI=1S/C16H26F3N5S/c1-12-4-3-8-24(10-12)9-7-22-15(20-2)21-6-5-14-23-13(11-25-14)16(17,18)19/h11-12H,3-10H2,1-2H3,(H2,20,21,22). The van der Waals surface area contributed by atoms with Crippen molar-refractivity contribution in [2.45, 2.75) is 32.4 Å². The van der Waals surface area contributed by atoms with Gasteiger partial charge in [-0.15, -0.1) is 11.3 Å². The lowest BCUT2D eigenvalue weighted by Crippen LogP contribution is -2.44. The Kier molecular flexibility index (Phi) is 7.49. The molecule has 1 atom stereocenters. The second-order valence-corrected chi connectivity index (χ2v) is 7.29. The van der Waals surface area contributed by atoms with Crippen LogP contribution in [0.15, 0.2) is 10.4 Å². The summed E-state index contributed by atoms with van der Waals surface area (Å²) in [5.41, 5.74) is -0.814. The number of aromatic nitrogens is 1. The van der Waals surface area contributed by atoms with E-state index in [9.17, 15) is 13.2 Å². The van der Waals surface area contributed by atoms with Crippen LogP contribution in [0.4, 0.5) is 13.2 Å². The normalized spacial score (nSPS) is 19.9. The molecule has 2 rings (SSSR count). The summed E-state index contributed by atoms with van der Waals surface area (Å²) in [7, 11) is 1.68. The molecule has 1 aromatic rings. The molecule has 1 fully saturated rings. The van der Waals surface area contributed by atoms with Crippen molar-refractivity contribution in [3.63, 3.8) is 0 Å². The molecule has 0 bridgehead atoms. The van der Waals surface area contributed by atoms with E-state index in [0.717, 1.165) is 48.8 Å². The average Bonchev–Trinajstić information content (AvgIpc) is 3.02. The van der Waals surface area contributed by atoms with Crippen LogP contribution in [0.3, 0.4) is 0 Å². The van der Waals surface area contributed by atoms with Crippen molar-refractivity contribution in [3.05, 3.63) is 16.1 Å². The summed E-state index contributed by atoms with van der Waals surface area (Å²) in [6, 6.07) is 0. The Bertz CT molecular complexity index is 558. The largest absolute Gasteiger partial charge is 0.434 e. The van der Waals surface area contributed by atoms with Crippen molar-refractivity contribution in [3.8, 4) is 0 Å². The Labute approximate surface area is 150 Å². The predicted molar refractivity (Wildman–Crippen MR) is 95.0 cm³/mol. The number of nitrogens with zero attached hydrogens (tertiary/aromatic N) is 3. The van der Waals surface area contributed by atoms with Crippen molar-refractivity contribution in [1.82, 2.24) is 20.5 Å². The van der Waals surface area contributed by atoms with Gasteiger partial charge in [0.25, 0.3) is 0 Å². The maximum absolute atomic E-state index is 12.5. The van der Waals surface area contributed by atoms with E-state index >= 15 is 0 Å². The number of hydrogen-bond acceptors (Lipinski definition) is 4. The quantitative estimate of drug-likeness (QED) is 0.591. The molecule has 25 heavy (non-hydrogen) atoms. The van der Waals surface area contributed by atoms with Crippen LogP contribution < -0.4 is 10.6 Å². The molecule has 0 amide bonds. The first-order valence-electron chi connectivity index (χ1n) is 8.57. The van der Waals surface area contributed by atoms with Crippen LogP contribution in [0.5, 0.6) is 0 Å². The van der Waals surface area contributed by atoms with E-state index in [1.807, 2.05) is 0 Å². The van der Waals surface area contributed by atoms with Gasteiger partial charge < -0.3 is 15.5 Å². The van der Waals surface area contributed by atoms with Gasteiger partial charge in [-0.2, -0.15) is 13.2 Å². The zero-order valence-corrected chi connectivity index (χ0v) is 15.5. The van der Waals surface area contributed by atoms with Gasteiger partial charge in [0.1, 0.15) is 0 Å². The molecule has 0 aromatic carbocycles. The van der Waals surface area contributed by atoms with Crippen LogP contribution in [0, 0.1) is 5.92 Å². The first kappa shape index (κ1) is 20.0. The Balaban J connectivity index is 1.65. The topological polar surface area (TPSA) is 52.6 Å². The van der Waals surface area contributed by atoms with E-state index in [1.54, 1.807) is 7.05 Å². The molecule has 2 N–H and O–H groups in total. The maximum Gasteiger partial charge on any atom is 0.434 e. The lowest BCUT2D eigenvalue weighted by Gasteiger charge is -2.30. The average molecular weight is 377 g/mol. The van der Waals surface area contributed by atoms with Gasteiger partial charge in [-0.3, -0.25) is 4.99 Å². The van der Waals surface area contributed by atoms with Gasteiger partial charge in [-0.05, 0) is 25.3 Å². The van der Waals surface area contributed by atoms with Gasteiger partial charge in [0, 0.05) is 45.0 Å². The van der Waals surface area contributed by atoms with Crippen LogP contribution in [-0.4, -0.2) is 55.6 Å². The molecule has 142 valence electrons. The SMILES string of the molecule is CN=C(NCCc1nc(C(F)(F)F)cs1)NCCN1CCCC(C)C1. The monoisotopic (exact) mass is 377 g/mol. The fraction of sp³-hybridized carbons (Fsp3) is 0.750. The molecular weight excluding hydrogens is 351 g/mol. The number of hydrogen-bond donors (Lipinski definition) is 2. The summed E-state index contributed by atoms with van der Waals surface area (Å²) >= 11 is 1.03. The zero-order valence-electron chi connectivity index (χ0n) is 14.7. The number of likely N-dealkylation sites (tertiary alicyclic amines) is 1. The van der Waals surface area contributed by atoms with E-state index in [4.69, 9.17) is 0 Å². The third-order valence-corrected chi connectivity index (χ3v) is 5.07. The van der Waals surface area contributed by atoms with E-state index in [0.29, 0.717) is 23.9 Å². The van der Waals surface area contributed by atoms with Gasteiger partial charge in [0.2, 0.25) is 0 Å². The molecule has 1 aliphatic heterocycles. The smallest absolute Gasteiger partial charge is 0.356 e. The number of aliphatic imine (C=N–C) groups is 1. The third kappa shape index (κ3) is 6.81. The summed E-state index contributed by atoms with van der Waals surface area (Å²) < 4.78 is 37.6. The first-order chi connectivity index (χ1) is 11.9. The minimum absolute atomic E-state index is 0.436. The van der Waals surface area contributed by atoms with Gasteiger partial charge in [-0.25, -0.2) is 4.98 Å². The first-order valence-corrected chi connectivity index (χ1v) is 9.45. The minimum atomic E-state index is -4.37. The summed E-state index contributed by atoms with van der Waals surface area (Å²) in [4.78, 5) is 10.2. The van der Waals surface area contributed by atoms with Gasteiger partial charge in [0.05, 0.1) is 5.01 Å². The highest BCUT2D eigenvalue weighted by molar-refractivity contribution is 7.09. The van der Waals surface area contributed by atoms with Crippen molar-refractivity contribution in [2.24, 2.45) is 10.9 Å². The Morgan fingerprint density at radius 3 is 2.80 bits per heavy atom. The van der Waals surface area contributed by atoms with Crippen LogP contribution in [0.1, 0.15) is 30.5 Å². The molecule has 1 saturated heterocycles. The minimum Gasteiger partial charge on any atom is -0.356 e. The van der Waals surface area contributed by atoms with Crippen molar-refractivity contribution < 1.29 is 13.2 Å². The predicted octanol–water partition coefficient (Wildman–Crippen LogP) is 2.60. The zero-order chi connectivity index (χ0) is 18.3. The van der Waals surface area contributed by atoms with E-state index in [-0.39, 0.29) is 0 Å². The molecule has 9 heteroatoms. The fourth-order valence-corrected chi connectivity index (χ4v) is 3.69. The molecule has 1 aromatic heterocycles. The number of thiazole rings is 1. The summed E-state index contributed by atoms with van der Waals surface area (Å²) in [6.07, 6.45) is -1.38. The molecule has 0 radical (unpaired) electrons. The molecule has 0 saturated carbocycles. The molecule has 2 heterocycles. The lowest BCUT2D eigenvalue weighted by atomic mass is 10.0. The third-order valence-electron chi connectivity index (χ3n) is 4.16. The number of piperidine rings is 1. The molecule has 0 aliphatic carbocycles. The summed E-state index contributed by atoms with van der Waals surface area (Å²) in [5.74, 6) is 1.42. The number of guanidine groups is 1. The number of nitrogens with one attached hydrogen (secondary N) is 2. The van der Waals surface area contributed by atoms with Crippen LogP contribution >= 0.6 is 11.3 Å². The Morgan fingerprint density at radius 1 is 1.40 bits per heavy atom.